The van der Waals surface area contributed by atoms with Crippen LogP contribution in [0, 0.1) is 0 Å². The Morgan fingerprint density at radius 1 is 1.29 bits per heavy atom. The number of sulfonamides is 1. The van der Waals surface area contributed by atoms with Gasteiger partial charge >= 0.3 is 0 Å². The van der Waals surface area contributed by atoms with Gasteiger partial charge in [0.1, 0.15) is 0 Å². The van der Waals surface area contributed by atoms with E-state index in [1.54, 1.807) is 0 Å². The number of hydrogen-bond acceptors (Lipinski definition) is 6. The van der Waals surface area contributed by atoms with E-state index in [0.29, 0.717) is 5.69 Å². The molecule has 0 saturated carbocycles. The Morgan fingerprint density at radius 3 is 2.52 bits per heavy atom. The zero-order valence-corrected chi connectivity index (χ0v) is 13.6. The molecule has 0 aliphatic heterocycles. The van der Waals surface area contributed by atoms with Crippen LogP contribution in [0.2, 0.25) is 9.49 Å². The van der Waals surface area contributed by atoms with Gasteiger partial charge in [0.25, 0.3) is 5.91 Å². The quantitative estimate of drug-likeness (QED) is 0.865. The number of anilines is 2. The highest BCUT2D eigenvalue weighted by atomic mass is 35.5. The zero-order valence-electron chi connectivity index (χ0n) is 10.4. The third kappa shape index (κ3) is 4.53. The largest absolute Gasteiger partial charge is 0.320 e. The molecule has 7 nitrogen and oxygen atoms in total. The SMILES string of the molecule is CS(=O)(=O)Nc1ccc(NC(=O)c2nnc(Cl)s2)cc1Cl. The highest BCUT2D eigenvalue weighted by molar-refractivity contribution is 7.92. The zero-order chi connectivity index (χ0) is 15.6. The molecule has 0 fully saturated rings. The molecule has 1 heterocycles. The first-order chi connectivity index (χ1) is 9.74. The van der Waals surface area contributed by atoms with E-state index in [2.05, 4.69) is 20.2 Å². The molecule has 0 aliphatic rings. The molecule has 0 unspecified atom stereocenters. The third-order valence-corrected chi connectivity index (χ3v) is 4.04. The molecule has 1 aromatic carbocycles. The molecule has 21 heavy (non-hydrogen) atoms. The van der Waals surface area contributed by atoms with Gasteiger partial charge in [0.2, 0.25) is 19.5 Å². The van der Waals surface area contributed by atoms with Crippen molar-refractivity contribution >= 4 is 61.8 Å². The summed E-state index contributed by atoms with van der Waals surface area (Å²) in [6.45, 7) is 0. The average Bonchev–Trinajstić information content (AvgIpc) is 2.78. The number of nitrogens with one attached hydrogen (secondary N) is 2. The summed E-state index contributed by atoms with van der Waals surface area (Å²) in [5.74, 6) is -0.487. The summed E-state index contributed by atoms with van der Waals surface area (Å²) >= 11 is 12.5. The number of carbonyl (C=O) groups is 1. The van der Waals surface area contributed by atoms with Crippen molar-refractivity contribution in [1.82, 2.24) is 10.2 Å². The molecule has 0 atom stereocenters. The Bertz CT molecular complexity index is 791. The molecular formula is C10H8Cl2N4O3S2. The number of benzene rings is 1. The number of nitrogens with zero attached hydrogens (tertiary/aromatic N) is 2. The number of halogens is 2. The minimum Gasteiger partial charge on any atom is -0.320 e. The van der Waals surface area contributed by atoms with Crippen molar-refractivity contribution in [2.45, 2.75) is 0 Å². The topological polar surface area (TPSA) is 101 Å². The number of rotatable bonds is 4. The lowest BCUT2D eigenvalue weighted by Gasteiger charge is -2.08. The minimum absolute atomic E-state index is 0.106. The first-order valence-electron chi connectivity index (χ1n) is 5.32. The second-order valence-electron chi connectivity index (χ2n) is 3.88. The summed E-state index contributed by atoms with van der Waals surface area (Å²) in [5.41, 5.74) is 0.603. The van der Waals surface area contributed by atoms with Gasteiger partial charge in [-0.1, -0.05) is 22.9 Å². The van der Waals surface area contributed by atoms with E-state index in [-0.39, 0.29) is 20.2 Å². The summed E-state index contributed by atoms with van der Waals surface area (Å²) in [7, 11) is -3.43. The summed E-state index contributed by atoms with van der Waals surface area (Å²) in [5, 5.41) is 9.93. The molecule has 1 aromatic heterocycles. The van der Waals surface area contributed by atoms with Gasteiger partial charge in [-0.05, 0) is 29.8 Å². The fourth-order valence-electron chi connectivity index (χ4n) is 1.36. The Morgan fingerprint density at radius 2 is 2.00 bits per heavy atom. The predicted molar refractivity (Wildman–Crippen MR) is 82.8 cm³/mol. The van der Waals surface area contributed by atoms with Crippen LogP contribution in [0.15, 0.2) is 18.2 Å². The van der Waals surface area contributed by atoms with Crippen LogP contribution in [0.25, 0.3) is 0 Å². The van der Waals surface area contributed by atoms with Crippen molar-refractivity contribution in [3.05, 3.63) is 32.7 Å². The standard InChI is InChI=1S/C10H8Cl2N4O3S2/c1-21(18,19)16-7-3-2-5(4-6(7)11)13-8(17)9-14-15-10(12)20-9/h2-4,16H,1H3,(H,13,17). The van der Waals surface area contributed by atoms with Crippen LogP contribution >= 0.6 is 34.5 Å². The maximum atomic E-state index is 11.8. The normalized spacial score (nSPS) is 11.2. The Kier molecular flexibility index (Phi) is 4.67. The third-order valence-electron chi connectivity index (χ3n) is 2.12. The second-order valence-corrected chi connectivity index (χ2v) is 7.60. The molecular weight excluding hydrogens is 359 g/mol. The van der Waals surface area contributed by atoms with Crippen LogP contribution < -0.4 is 10.0 Å². The van der Waals surface area contributed by atoms with Crippen molar-refractivity contribution in [2.24, 2.45) is 0 Å². The van der Waals surface area contributed by atoms with E-state index in [4.69, 9.17) is 23.2 Å². The van der Waals surface area contributed by atoms with Crippen molar-refractivity contribution in [1.29, 1.82) is 0 Å². The van der Waals surface area contributed by atoms with Crippen LogP contribution in [-0.2, 0) is 10.0 Å². The van der Waals surface area contributed by atoms with Crippen molar-refractivity contribution in [3.8, 4) is 0 Å². The molecule has 0 saturated heterocycles. The molecule has 1 amide bonds. The number of hydrogen-bond donors (Lipinski definition) is 2. The molecule has 11 heteroatoms. The fourth-order valence-corrected chi connectivity index (χ4v) is 2.94. The monoisotopic (exact) mass is 366 g/mol. The van der Waals surface area contributed by atoms with Crippen LogP contribution in [-0.4, -0.2) is 30.8 Å². The highest BCUT2D eigenvalue weighted by Gasteiger charge is 2.13. The average molecular weight is 367 g/mol. The Balaban J connectivity index is 2.15. The van der Waals surface area contributed by atoms with Gasteiger partial charge in [-0.3, -0.25) is 9.52 Å². The number of aromatic nitrogens is 2. The fraction of sp³-hybridized carbons (Fsp3) is 0.100. The summed E-state index contributed by atoms with van der Waals surface area (Å²) in [4.78, 5) is 11.8. The van der Waals surface area contributed by atoms with Gasteiger partial charge < -0.3 is 5.32 Å². The maximum absolute atomic E-state index is 11.8. The molecule has 112 valence electrons. The summed E-state index contributed by atoms with van der Waals surface area (Å²) in [6, 6.07) is 4.35. The van der Waals surface area contributed by atoms with E-state index < -0.39 is 15.9 Å². The van der Waals surface area contributed by atoms with Crippen molar-refractivity contribution in [2.75, 3.05) is 16.3 Å². The van der Waals surface area contributed by atoms with Gasteiger partial charge in [0.15, 0.2) is 0 Å². The molecule has 2 N–H and O–H groups in total. The number of amides is 1. The molecule has 0 spiro atoms. The lowest BCUT2D eigenvalue weighted by Crippen LogP contribution is -2.12. The number of carbonyl (C=O) groups excluding carboxylic acids is 1. The smallest absolute Gasteiger partial charge is 0.286 e. The second kappa shape index (κ2) is 6.14. The van der Waals surface area contributed by atoms with E-state index >= 15 is 0 Å². The lowest BCUT2D eigenvalue weighted by molar-refractivity contribution is 0.102. The lowest BCUT2D eigenvalue weighted by atomic mass is 10.3. The molecule has 2 rings (SSSR count). The van der Waals surface area contributed by atoms with Gasteiger partial charge in [0.05, 0.1) is 17.0 Å². The van der Waals surface area contributed by atoms with Crippen LogP contribution in [0.5, 0.6) is 0 Å². The predicted octanol–water partition coefficient (Wildman–Crippen LogP) is 2.47. The summed E-state index contributed by atoms with van der Waals surface area (Å²) in [6.07, 6.45) is 1.01. The first kappa shape index (κ1) is 16.0. The molecule has 0 radical (unpaired) electrons. The Hall–Kier alpha value is -1.42. The van der Waals surface area contributed by atoms with Crippen LogP contribution in [0.4, 0.5) is 11.4 Å². The maximum Gasteiger partial charge on any atom is 0.286 e. The van der Waals surface area contributed by atoms with E-state index in [0.717, 1.165) is 17.6 Å². The molecule has 0 aliphatic carbocycles. The van der Waals surface area contributed by atoms with Crippen LogP contribution in [0.1, 0.15) is 9.80 Å². The molecule has 2 aromatic rings. The van der Waals surface area contributed by atoms with Crippen molar-refractivity contribution < 1.29 is 13.2 Å². The van der Waals surface area contributed by atoms with E-state index in [1.165, 1.54) is 18.2 Å². The van der Waals surface area contributed by atoms with Crippen LogP contribution in [0.3, 0.4) is 0 Å². The van der Waals surface area contributed by atoms with Gasteiger partial charge in [-0.25, -0.2) is 8.42 Å². The molecule has 0 bridgehead atoms. The first-order valence-corrected chi connectivity index (χ1v) is 8.79. The Labute approximate surface area is 134 Å². The van der Waals surface area contributed by atoms with Gasteiger partial charge in [0, 0.05) is 5.69 Å². The minimum atomic E-state index is -3.43. The van der Waals surface area contributed by atoms with Crippen molar-refractivity contribution in [3.63, 3.8) is 0 Å². The van der Waals surface area contributed by atoms with E-state index in [1.807, 2.05) is 0 Å². The summed E-state index contributed by atoms with van der Waals surface area (Å²) < 4.78 is 24.7. The van der Waals surface area contributed by atoms with Gasteiger partial charge in [-0.15, -0.1) is 10.2 Å². The van der Waals surface area contributed by atoms with Gasteiger partial charge in [-0.2, -0.15) is 0 Å². The highest BCUT2D eigenvalue weighted by Crippen LogP contribution is 2.26. The van der Waals surface area contributed by atoms with E-state index in [9.17, 15) is 13.2 Å².